The van der Waals surface area contributed by atoms with Gasteiger partial charge in [0.1, 0.15) is 11.3 Å². The van der Waals surface area contributed by atoms with E-state index in [0.29, 0.717) is 12.2 Å². The first-order valence-electron chi connectivity index (χ1n) is 6.37. The fraction of sp³-hybridized carbons (Fsp3) is 0.615. The predicted octanol–water partition coefficient (Wildman–Crippen LogP) is 1.21. The molecular formula is C13H20N2O5. The van der Waals surface area contributed by atoms with Gasteiger partial charge < -0.3 is 19.3 Å². The summed E-state index contributed by atoms with van der Waals surface area (Å²) in [5.41, 5.74) is -1.05. The summed E-state index contributed by atoms with van der Waals surface area (Å²) < 4.78 is 14.7. The molecule has 0 aliphatic carbocycles. The van der Waals surface area contributed by atoms with E-state index in [-0.39, 0.29) is 12.5 Å². The molecule has 1 rings (SSSR count). The topological polar surface area (TPSA) is 90.7 Å². The summed E-state index contributed by atoms with van der Waals surface area (Å²) in [6.07, 6.45) is 1.21. The van der Waals surface area contributed by atoms with Crippen LogP contribution in [0.15, 0.2) is 10.6 Å². The number of ether oxygens (including phenoxy) is 2. The Bertz CT molecular complexity index is 471. The standard InChI is InChI=1S/C13H20N2O5/c1-5-6-13(3,12(17)18-4)14-10(16)8-19-11-7-9(2)20-15-11/h7H,5-6,8H2,1-4H3,(H,14,16). The number of nitrogens with zero attached hydrogens (tertiary/aromatic N) is 1. The van der Waals surface area contributed by atoms with E-state index in [4.69, 9.17) is 14.0 Å². The molecule has 0 radical (unpaired) electrons. The minimum atomic E-state index is -1.05. The van der Waals surface area contributed by atoms with Gasteiger partial charge in [-0.1, -0.05) is 13.3 Å². The van der Waals surface area contributed by atoms with Crippen LogP contribution in [-0.2, 0) is 14.3 Å². The summed E-state index contributed by atoms with van der Waals surface area (Å²) in [7, 11) is 1.29. The highest BCUT2D eigenvalue weighted by molar-refractivity contribution is 5.88. The Hall–Kier alpha value is -2.05. The first kappa shape index (κ1) is 16.0. The third kappa shape index (κ3) is 4.25. The maximum Gasteiger partial charge on any atom is 0.331 e. The maximum atomic E-state index is 11.8. The van der Waals surface area contributed by atoms with Gasteiger partial charge in [0.15, 0.2) is 6.61 Å². The molecule has 0 aliphatic heterocycles. The Morgan fingerprint density at radius 2 is 2.20 bits per heavy atom. The average Bonchev–Trinajstić information content (AvgIpc) is 2.81. The minimum absolute atomic E-state index is 0.230. The van der Waals surface area contributed by atoms with Gasteiger partial charge in [0.05, 0.1) is 7.11 Å². The number of aryl methyl sites for hydroxylation is 1. The second-order valence-electron chi connectivity index (χ2n) is 4.69. The van der Waals surface area contributed by atoms with Gasteiger partial charge in [-0.2, -0.15) is 0 Å². The van der Waals surface area contributed by atoms with Crippen LogP contribution in [0.1, 0.15) is 32.4 Å². The van der Waals surface area contributed by atoms with Gasteiger partial charge in [-0.25, -0.2) is 4.79 Å². The van der Waals surface area contributed by atoms with E-state index in [1.54, 1.807) is 19.9 Å². The Labute approximate surface area is 117 Å². The van der Waals surface area contributed by atoms with Gasteiger partial charge in [0.2, 0.25) is 0 Å². The molecule has 7 heteroatoms. The predicted molar refractivity (Wildman–Crippen MR) is 70.2 cm³/mol. The van der Waals surface area contributed by atoms with Crippen LogP contribution in [0.4, 0.5) is 0 Å². The Morgan fingerprint density at radius 1 is 1.50 bits per heavy atom. The highest BCUT2D eigenvalue weighted by atomic mass is 16.5. The van der Waals surface area contributed by atoms with Crippen molar-refractivity contribution in [2.45, 2.75) is 39.2 Å². The SMILES string of the molecule is CCCC(C)(NC(=O)COc1cc(C)on1)C(=O)OC. The summed E-state index contributed by atoms with van der Waals surface area (Å²) >= 11 is 0. The second kappa shape index (κ2) is 6.93. The third-order valence-electron chi connectivity index (χ3n) is 2.76. The minimum Gasteiger partial charge on any atom is -0.467 e. The van der Waals surface area contributed by atoms with Crippen LogP contribution in [0, 0.1) is 6.92 Å². The van der Waals surface area contributed by atoms with Gasteiger partial charge >= 0.3 is 5.97 Å². The number of esters is 1. The summed E-state index contributed by atoms with van der Waals surface area (Å²) in [5.74, 6) is -0.0873. The van der Waals surface area contributed by atoms with Crippen LogP contribution in [0.5, 0.6) is 5.88 Å². The quantitative estimate of drug-likeness (QED) is 0.757. The molecule has 0 saturated carbocycles. The zero-order chi connectivity index (χ0) is 15.2. The molecule has 0 saturated heterocycles. The lowest BCUT2D eigenvalue weighted by Crippen LogP contribution is -2.53. The lowest BCUT2D eigenvalue weighted by molar-refractivity contribution is -0.150. The molecule has 1 unspecified atom stereocenters. The molecule has 20 heavy (non-hydrogen) atoms. The molecule has 1 N–H and O–H groups in total. The van der Waals surface area contributed by atoms with Crippen LogP contribution in [0.25, 0.3) is 0 Å². The first-order valence-corrected chi connectivity index (χ1v) is 6.37. The molecule has 1 amide bonds. The largest absolute Gasteiger partial charge is 0.467 e. The number of nitrogens with one attached hydrogen (secondary N) is 1. The maximum absolute atomic E-state index is 11.8. The molecule has 0 fully saturated rings. The van der Waals surface area contributed by atoms with Crippen molar-refractivity contribution in [2.24, 2.45) is 0 Å². The zero-order valence-corrected chi connectivity index (χ0v) is 12.2. The molecule has 0 bridgehead atoms. The van der Waals surface area contributed by atoms with Crippen LogP contribution in [-0.4, -0.2) is 36.3 Å². The van der Waals surface area contributed by atoms with Crippen molar-refractivity contribution in [3.8, 4) is 5.88 Å². The molecule has 7 nitrogen and oxygen atoms in total. The van der Waals surface area contributed by atoms with Crippen molar-refractivity contribution in [1.29, 1.82) is 0 Å². The Balaban J connectivity index is 2.56. The van der Waals surface area contributed by atoms with Crippen LogP contribution in [0.2, 0.25) is 0 Å². The fourth-order valence-electron chi connectivity index (χ4n) is 1.84. The molecule has 0 aliphatic rings. The Kier molecular flexibility index (Phi) is 5.54. The number of aromatic nitrogens is 1. The number of hydrogen-bond acceptors (Lipinski definition) is 6. The number of carbonyl (C=O) groups is 2. The van der Waals surface area contributed by atoms with Crippen molar-refractivity contribution in [3.05, 3.63) is 11.8 Å². The van der Waals surface area contributed by atoms with Gasteiger partial charge in [-0.15, -0.1) is 0 Å². The summed E-state index contributed by atoms with van der Waals surface area (Å²) in [4.78, 5) is 23.6. The number of hydrogen-bond donors (Lipinski definition) is 1. The normalized spacial score (nSPS) is 13.4. The molecule has 1 aromatic heterocycles. The van der Waals surface area contributed by atoms with Gasteiger partial charge in [-0.05, 0) is 25.4 Å². The van der Waals surface area contributed by atoms with Crippen molar-refractivity contribution in [2.75, 3.05) is 13.7 Å². The molecule has 1 atom stereocenters. The van der Waals surface area contributed by atoms with E-state index in [0.717, 1.165) is 6.42 Å². The van der Waals surface area contributed by atoms with E-state index < -0.39 is 17.4 Å². The van der Waals surface area contributed by atoms with Gasteiger partial charge in [-0.3, -0.25) is 4.79 Å². The van der Waals surface area contributed by atoms with Crippen molar-refractivity contribution in [3.63, 3.8) is 0 Å². The van der Waals surface area contributed by atoms with Crippen LogP contribution >= 0.6 is 0 Å². The monoisotopic (exact) mass is 284 g/mol. The highest BCUT2D eigenvalue weighted by Gasteiger charge is 2.35. The van der Waals surface area contributed by atoms with E-state index in [1.807, 2.05) is 6.92 Å². The number of rotatable bonds is 7. The summed E-state index contributed by atoms with van der Waals surface area (Å²) in [6.45, 7) is 5.01. The van der Waals surface area contributed by atoms with E-state index in [9.17, 15) is 9.59 Å². The van der Waals surface area contributed by atoms with Gasteiger partial charge in [0.25, 0.3) is 11.8 Å². The molecule has 1 heterocycles. The second-order valence-corrected chi connectivity index (χ2v) is 4.69. The van der Waals surface area contributed by atoms with E-state index in [2.05, 4.69) is 10.5 Å². The lowest BCUT2D eigenvalue weighted by Gasteiger charge is -2.27. The fourth-order valence-corrected chi connectivity index (χ4v) is 1.84. The van der Waals surface area contributed by atoms with Crippen LogP contribution < -0.4 is 10.1 Å². The van der Waals surface area contributed by atoms with Crippen molar-refractivity contribution < 1.29 is 23.6 Å². The third-order valence-corrected chi connectivity index (χ3v) is 2.76. The molecule has 0 aromatic carbocycles. The average molecular weight is 284 g/mol. The highest BCUT2D eigenvalue weighted by Crippen LogP contribution is 2.14. The smallest absolute Gasteiger partial charge is 0.331 e. The Morgan fingerprint density at radius 3 is 2.70 bits per heavy atom. The van der Waals surface area contributed by atoms with E-state index >= 15 is 0 Å². The first-order chi connectivity index (χ1) is 9.41. The molecular weight excluding hydrogens is 264 g/mol. The zero-order valence-electron chi connectivity index (χ0n) is 12.2. The van der Waals surface area contributed by atoms with Gasteiger partial charge in [0, 0.05) is 6.07 Å². The molecule has 112 valence electrons. The number of methoxy groups -OCH3 is 1. The van der Waals surface area contributed by atoms with Crippen LogP contribution in [0.3, 0.4) is 0 Å². The van der Waals surface area contributed by atoms with E-state index in [1.165, 1.54) is 7.11 Å². The summed E-state index contributed by atoms with van der Waals surface area (Å²) in [6, 6.07) is 1.57. The molecule has 1 aromatic rings. The summed E-state index contributed by atoms with van der Waals surface area (Å²) in [5, 5.41) is 6.23. The number of carbonyl (C=O) groups excluding carboxylic acids is 2. The van der Waals surface area contributed by atoms with Crippen molar-refractivity contribution >= 4 is 11.9 Å². The molecule has 0 spiro atoms. The lowest BCUT2D eigenvalue weighted by atomic mass is 9.96. The van der Waals surface area contributed by atoms with Crippen molar-refractivity contribution in [1.82, 2.24) is 10.5 Å². The number of amides is 1.